The SMILES string of the molecule is CCOC(=O)[C@@H]1C[C@H]2C[C@H](/C=C/c3cc(OC)no3)CC[C@H]2CN1C(=O)OC. The Hall–Kier alpha value is -2.51. The van der Waals surface area contributed by atoms with Crippen molar-refractivity contribution in [2.75, 3.05) is 27.4 Å². The van der Waals surface area contributed by atoms with E-state index >= 15 is 0 Å². The molecule has 1 aromatic heterocycles. The molecule has 1 aliphatic carbocycles. The maximum atomic E-state index is 12.4. The summed E-state index contributed by atoms with van der Waals surface area (Å²) in [5.74, 6) is 1.89. The molecular weight excluding hydrogens is 364 g/mol. The van der Waals surface area contributed by atoms with E-state index in [2.05, 4.69) is 11.2 Å². The van der Waals surface area contributed by atoms with Gasteiger partial charge in [-0.2, -0.15) is 0 Å². The molecule has 8 heteroatoms. The lowest BCUT2D eigenvalue weighted by atomic mass is 9.69. The van der Waals surface area contributed by atoms with E-state index in [1.54, 1.807) is 20.1 Å². The Balaban J connectivity index is 1.66. The summed E-state index contributed by atoms with van der Waals surface area (Å²) in [5, 5.41) is 3.79. The first-order valence-electron chi connectivity index (χ1n) is 9.75. The molecule has 0 spiro atoms. The largest absolute Gasteiger partial charge is 0.479 e. The van der Waals surface area contributed by atoms with Crippen molar-refractivity contribution < 1.29 is 28.3 Å². The van der Waals surface area contributed by atoms with Crippen molar-refractivity contribution in [3.63, 3.8) is 0 Å². The average Bonchev–Trinajstić information content (AvgIpc) is 3.18. The normalized spacial score (nSPS) is 27.3. The molecule has 1 saturated carbocycles. The molecule has 28 heavy (non-hydrogen) atoms. The van der Waals surface area contributed by atoms with E-state index in [4.69, 9.17) is 18.7 Å². The summed E-state index contributed by atoms with van der Waals surface area (Å²) in [5.41, 5.74) is 0. The number of methoxy groups -OCH3 is 2. The molecule has 1 aromatic rings. The van der Waals surface area contributed by atoms with Crippen molar-refractivity contribution in [3.8, 4) is 5.88 Å². The van der Waals surface area contributed by atoms with Crippen molar-refractivity contribution in [1.29, 1.82) is 0 Å². The lowest BCUT2D eigenvalue weighted by Crippen LogP contribution is -2.54. The van der Waals surface area contributed by atoms with Crippen LogP contribution in [0, 0.1) is 17.8 Å². The van der Waals surface area contributed by atoms with Gasteiger partial charge in [0.05, 0.1) is 20.8 Å². The second kappa shape index (κ2) is 9.12. The van der Waals surface area contributed by atoms with Crippen molar-refractivity contribution in [3.05, 3.63) is 17.9 Å². The lowest BCUT2D eigenvalue weighted by Gasteiger charge is -2.45. The van der Waals surface area contributed by atoms with Gasteiger partial charge in [-0.15, -0.1) is 0 Å². The topological polar surface area (TPSA) is 91.1 Å². The maximum Gasteiger partial charge on any atom is 0.410 e. The van der Waals surface area contributed by atoms with Gasteiger partial charge in [-0.3, -0.25) is 4.90 Å². The maximum absolute atomic E-state index is 12.4. The second-order valence-electron chi connectivity index (χ2n) is 7.35. The monoisotopic (exact) mass is 392 g/mol. The fourth-order valence-corrected chi connectivity index (χ4v) is 4.32. The number of fused-ring (bicyclic) bond motifs is 1. The van der Waals surface area contributed by atoms with Crippen LogP contribution in [0.15, 0.2) is 16.7 Å². The van der Waals surface area contributed by atoms with Gasteiger partial charge >= 0.3 is 12.1 Å². The predicted octanol–water partition coefficient (Wildman–Crippen LogP) is 3.13. The number of aromatic nitrogens is 1. The number of piperidine rings is 1. The van der Waals surface area contributed by atoms with Crippen LogP contribution < -0.4 is 4.74 Å². The fraction of sp³-hybridized carbons (Fsp3) is 0.650. The quantitative estimate of drug-likeness (QED) is 0.711. The number of rotatable bonds is 5. The highest BCUT2D eigenvalue weighted by Crippen LogP contribution is 2.42. The van der Waals surface area contributed by atoms with E-state index in [0.29, 0.717) is 49.0 Å². The predicted molar refractivity (Wildman–Crippen MR) is 101 cm³/mol. The Labute approximate surface area is 164 Å². The third kappa shape index (κ3) is 4.48. The van der Waals surface area contributed by atoms with Gasteiger partial charge in [-0.25, -0.2) is 9.59 Å². The highest BCUT2D eigenvalue weighted by Gasteiger charge is 2.44. The Morgan fingerprint density at radius 3 is 2.79 bits per heavy atom. The molecule has 8 nitrogen and oxygen atoms in total. The molecule has 0 radical (unpaired) electrons. The van der Waals surface area contributed by atoms with Crippen molar-refractivity contribution >= 4 is 18.1 Å². The van der Waals surface area contributed by atoms with E-state index in [1.807, 2.05) is 6.08 Å². The molecule has 4 atom stereocenters. The molecule has 154 valence electrons. The van der Waals surface area contributed by atoms with Crippen molar-refractivity contribution in [2.24, 2.45) is 17.8 Å². The molecule has 1 aliphatic heterocycles. The van der Waals surface area contributed by atoms with Crippen molar-refractivity contribution in [2.45, 2.75) is 38.6 Å². The highest BCUT2D eigenvalue weighted by atomic mass is 16.6. The van der Waals surface area contributed by atoms with Crippen LogP contribution in [-0.4, -0.2) is 55.5 Å². The number of hydrogen-bond donors (Lipinski definition) is 0. The number of amides is 1. The summed E-state index contributed by atoms with van der Waals surface area (Å²) in [7, 11) is 2.89. The minimum absolute atomic E-state index is 0.296. The molecule has 0 aromatic carbocycles. The Bertz CT molecular complexity index is 715. The Morgan fingerprint density at radius 1 is 1.29 bits per heavy atom. The highest BCUT2D eigenvalue weighted by molar-refractivity contribution is 5.81. The van der Waals surface area contributed by atoms with Gasteiger partial charge in [0, 0.05) is 12.6 Å². The molecule has 2 fully saturated rings. The number of carbonyl (C=O) groups is 2. The van der Waals surface area contributed by atoms with Gasteiger partial charge in [0.1, 0.15) is 6.04 Å². The molecule has 1 saturated heterocycles. The van der Waals surface area contributed by atoms with E-state index in [0.717, 1.165) is 19.3 Å². The summed E-state index contributed by atoms with van der Waals surface area (Å²) in [6, 6.07) is 1.17. The fourth-order valence-electron chi connectivity index (χ4n) is 4.32. The van der Waals surface area contributed by atoms with E-state index in [-0.39, 0.29) is 5.97 Å². The van der Waals surface area contributed by atoms with Crippen LogP contribution in [-0.2, 0) is 14.3 Å². The van der Waals surface area contributed by atoms with Crippen LogP contribution in [0.3, 0.4) is 0 Å². The molecule has 0 bridgehead atoms. The van der Waals surface area contributed by atoms with Crippen LogP contribution in [0.4, 0.5) is 4.79 Å². The van der Waals surface area contributed by atoms with Gasteiger partial charge in [0.2, 0.25) is 0 Å². The van der Waals surface area contributed by atoms with Gasteiger partial charge in [0.25, 0.3) is 5.88 Å². The van der Waals surface area contributed by atoms with Crippen LogP contribution >= 0.6 is 0 Å². The standard InChI is InChI=1S/C20H28N2O6/c1-4-27-19(23)17-10-15-9-13(6-8-16-11-18(25-2)21-28-16)5-7-14(15)12-22(17)20(24)26-3/h6,8,11,13-15,17H,4-5,7,9-10,12H2,1-3H3/b8-6+/t13-,14-,15+,17-/m0/s1. The zero-order valence-corrected chi connectivity index (χ0v) is 16.6. The van der Waals surface area contributed by atoms with Gasteiger partial charge in [0.15, 0.2) is 5.76 Å². The third-order valence-corrected chi connectivity index (χ3v) is 5.73. The molecule has 2 aliphatic rings. The minimum Gasteiger partial charge on any atom is -0.479 e. The summed E-state index contributed by atoms with van der Waals surface area (Å²) >= 11 is 0. The third-order valence-electron chi connectivity index (χ3n) is 5.73. The smallest absolute Gasteiger partial charge is 0.410 e. The number of allylic oxidation sites excluding steroid dienone is 1. The first-order chi connectivity index (χ1) is 13.5. The lowest BCUT2D eigenvalue weighted by molar-refractivity contribution is -0.152. The number of likely N-dealkylation sites (tertiary alicyclic amines) is 1. The van der Waals surface area contributed by atoms with Gasteiger partial charge in [-0.05, 0) is 61.6 Å². The first-order valence-corrected chi connectivity index (χ1v) is 9.75. The molecular formula is C20H28N2O6. The van der Waals surface area contributed by atoms with Crippen LogP contribution in [0.2, 0.25) is 0 Å². The van der Waals surface area contributed by atoms with Crippen LogP contribution in [0.1, 0.15) is 38.4 Å². The summed E-state index contributed by atoms with van der Waals surface area (Å²) in [4.78, 5) is 26.1. The van der Waals surface area contributed by atoms with Gasteiger partial charge in [-0.1, -0.05) is 6.08 Å². The molecule has 3 rings (SSSR count). The van der Waals surface area contributed by atoms with Gasteiger partial charge < -0.3 is 18.7 Å². The summed E-state index contributed by atoms with van der Waals surface area (Å²) < 4.78 is 20.3. The first kappa shape index (κ1) is 20.2. The second-order valence-corrected chi connectivity index (χ2v) is 7.35. The summed E-state index contributed by atoms with van der Waals surface area (Å²) in [6.45, 7) is 2.60. The van der Waals surface area contributed by atoms with E-state index in [1.165, 1.54) is 12.0 Å². The Kier molecular flexibility index (Phi) is 6.59. The zero-order valence-electron chi connectivity index (χ0n) is 16.6. The van der Waals surface area contributed by atoms with Crippen molar-refractivity contribution in [1.82, 2.24) is 10.1 Å². The number of carbonyl (C=O) groups excluding carboxylic acids is 2. The number of nitrogens with zero attached hydrogens (tertiary/aromatic N) is 2. The zero-order chi connectivity index (χ0) is 20.1. The number of esters is 1. The minimum atomic E-state index is -0.574. The number of ether oxygens (including phenoxy) is 3. The summed E-state index contributed by atoms with van der Waals surface area (Å²) in [6.07, 6.45) is 7.22. The number of hydrogen-bond acceptors (Lipinski definition) is 7. The molecule has 0 unspecified atom stereocenters. The average molecular weight is 392 g/mol. The van der Waals surface area contributed by atoms with Crippen LogP contribution in [0.5, 0.6) is 5.88 Å². The molecule has 2 heterocycles. The Morgan fingerprint density at radius 2 is 2.11 bits per heavy atom. The molecule has 0 N–H and O–H groups in total. The molecule has 1 amide bonds. The van der Waals surface area contributed by atoms with E-state index in [9.17, 15) is 9.59 Å². The van der Waals surface area contributed by atoms with Crippen LogP contribution in [0.25, 0.3) is 6.08 Å². The van der Waals surface area contributed by atoms with E-state index < -0.39 is 12.1 Å².